The molecule has 3 heteroatoms. The van der Waals surface area contributed by atoms with E-state index in [9.17, 15) is 0 Å². The number of nitrogens with two attached hydrogens (primary N) is 1. The molecular formula is C48H33NOS. The first kappa shape index (κ1) is 28.9. The van der Waals surface area contributed by atoms with E-state index in [4.69, 9.17) is 10.2 Å². The number of hydrogen-bond donors (Lipinski definition) is 1. The Hall–Kier alpha value is -5.90. The fourth-order valence-electron chi connectivity index (χ4n) is 9.03. The molecule has 0 radical (unpaired) electrons. The highest BCUT2D eigenvalue weighted by Crippen LogP contribution is 2.46. The predicted octanol–water partition coefficient (Wildman–Crippen LogP) is 11.6. The molecule has 3 aliphatic rings. The smallest absolute Gasteiger partial charge is 0.136 e. The Bertz CT molecular complexity index is 3100. The maximum atomic E-state index is 7.14. The lowest BCUT2D eigenvalue weighted by Gasteiger charge is -2.21. The van der Waals surface area contributed by atoms with Gasteiger partial charge in [0.1, 0.15) is 11.0 Å². The molecule has 7 aromatic carbocycles. The lowest BCUT2D eigenvalue weighted by molar-refractivity contribution is 0.568. The lowest BCUT2D eigenvalue weighted by atomic mass is 9.84. The van der Waals surface area contributed by atoms with Crippen LogP contribution in [-0.4, -0.2) is 0 Å². The molecule has 12 bridgehead atoms. The second kappa shape index (κ2) is 10.6. The van der Waals surface area contributed by atoms with Crippen LogP contribution in [0.15, 0.2) is 132 Å². The Morgan fingerprint density at radius 2 is 1.29 bits per heavy atom. The van der Waals surface area contributed by atoms with Crippen molar-refractivity contribution in [1.82, 2.24) is 0 Å². The van der Waals surface area contributed by atoms with Gasteiger partial charge in [-0.2, -0.15) is 0 Å². The van der Waals surface area contributed by atoms with Gasteiger partial charge in [0.25, 0.3) is 0 Å². The Morgan fingerprint density at radius 1 is 0.608 bits per heavy atom. The zero-order chi connectivity index (χ0) is 34.0. The predicted molar refractivity (Wildman–Crippen MR) is 216 cm³/mol. The van der Waals surface area contributed by atoms with E-state index in [-0.39, 0.29) is 5.92 Å². The molecule has 51 heavy (non-hydrogen) atoms. The average molecular weight is 672 g/mol. The number of benzene rings is 7. The molecule has 1 unspecified atom stereocenters. The Balaban J connectivity index is 1.33. The third-order valence-corrected chi connectivity index (χ3v) is 12.7. The van der Waals surface area contributed by atoms with E-state index in [1.54, 1.807) is 0 Å². The van der Waals surface area contributed by atoms with Crippen molar-refractivity contribution in [2.45, 2.75) is 26.2 Å². The quantitative estimate of drug-likeness (QED) is 0.174. The van der Waals surface area contributed by atoms with E-state index in [1.807, 2.05) is 11.3 Å². The van der Waals surface area contributed by atoms with Crippen LogP contribution in [0.1, 0.15) is 29.0 Å². The lowest BCUT2D eigenvalue weighted by Crippen LogP contribution is -2.32. The molecule has 2 N–H and O–H groups in total. The summed E-state index contributed by atoms with van der Waals surface area (Å²) in [6, 6.07) is 47.2. The largest absolute Gasteiger partial charge is 0.456 e. The SMILES string of the molecule is Cc1c2cccc1-c1cc(cc3c1sc1ccccc13)C1C=c3oc4cccc(c4c3=C(N)C1)-c1cccc(c1C)-c1cc-2c2ccccc2c1. The van der Waals surface area contributed by atoms with Gasteiger partial charge in [-0.3, -0.25) is 0 Å². The third kappa shape index (κ3) is 4.10. The van der Waals surface area contributed by atoms with Crippen molar-refractivity contribution < 1.29 is 4.42 Å². The second-order valence-electron chi connectivity index (χ2n) is 14.3. The van der Waals surface area contributed by atoms with Gasteiger partial charge in [-0.25, -0.2) is 0 Å². The first-order chi connectivity index (χ1) is 25.0. The summed E-state index contributed by atoms with van der Waals surface area (Å²) < 4.78 is 9.33. The summed E-state index contributed by atoms with van der Waals surface area (Å²) in [5.74, 6) is 0.0800. The topological polar surface area (TPSA) is 39.2 Å². The van der Waals surface area contributed by atoms with Crippen LogP contribution in [0.2, 0.25) is 0 Å². The van der Waals surface area contributed by atoms with E-state index < -0.39 is 0 Å². The van der Waals surface area contributed by atoms with Crippen LogP contribution in [0.5, 0.6) is 0 Å². The van der Waals surface area contributed by atoms with Gasteiger partial charge >= 0.3 is 0 Å². The van der Waals surface area contributed by atoms with Gasteiger partial charge in [-0.05, 0) is 129 Å². The van der Waals surface area contributed by atoms with Crippen molar-refractivity contribution in [3.05, 3.63) is 155 Å². The van der Waals surface area contributed by atoms with Gasteiger partial charge in [0.15, 0.2) is 0 Å². The van der Waals surface area contributed by atoms with E-state index >= 15 is 0 Å². The summed E-state index contributed by atoms with van der Waals surface area (Å²) >= 11 is 1.89. The van der Waals surface area contributed by atoms with Crippen LogP contribution < -0.4 is 16.4 Å². The first-order valence-corrected chi connectivity index (χ1v) is 18.5. The molecule has 0 fully saturated rings. The molecule has 2 aromatic heterocycles. The van der Waals surface area contributed by atoms with Gasteiger partial charge in [0.2, 0.25) is 0 Å². The van der Waals surface area contributed by atoms with E-state index in [2.05, 4.69) is 147 Å². The number of rotatable bonds is 0. The van der Waals surface area contributed by atoms with Crippen LogP contribution in [-0.2, 0) is 0 Å². The highest BCUT2D eigenvalue weighted by molar-refractivity contribution is 7.26. The van der Waals surface area contributed by atoms with Crippen molar-refractivity contribution >= 4 is 65.0 Å². The van der Waals surface area contributed by atoms with Gasteiger partial charge < -0.3 is 10.2 Å². The summed E-state index contributed by atoms with van der Waals surface area (Å²) in [6.45, 7) is 4.56. The molecule has 12 rings (SSSR count). The Morgan fingerprint density at radius 3 is 2.16 bits per heavy atom. The van der Waals surface area contributed by atoms with Gasteiger partial charge in [-0.15, -0.1) is 11.3 Å². The minimum absolute atomic E-state index is 0.0800. The van der Waals surface area contributed by atoms with Crippen molar-refractivity contribution in [2.24, 2.45) is 5.73 Å². The first-order valence-electron chi connectivity index (χ1n) is 17.7. The van der Waals surface area contributed by atoms with Crippen molar-refractivity contribution in [3.8, 4) is 44.5 Å². The average Bonchev–Trinajstić information content (AvgIpc) is 3.73. The molecule has 9 aromatic rings. The van der Waals surface area contributed by atoms with E-state index in [0.29, 0.717) is 0 Å². The fourth-order valence-corrected chi connectivity index (χ4v) is 10.2. The molecule has 1 atom stereocenters. The van der Waals surface area contributed by atoms with Crippen molar-refractivity contribution in [1.29, 1.82) is 0 Å². The fraction of sp³-hybridized carbons (Fsp3) is 0.0833. The summed E-state index contributed by atoms with van der Waals surface area (Å²) in [5, 5.41) is 7.25. The highest BCUT2D eigenvalue weighted by atomic mass is 32.1. The molecule has 2 nitrogen and oxygen atoms in total. The molecule has 0 spiro atoms. The van der Waals surface area contributed by atoms with Crippen LogP contribution in [0.25, 0.3) is 98.2 Å². The maximum absolute atomic E-state index is 7.14. The standard InChI is InChI=1S/C48H33NOS/c1-26-32-13-7-14-33(26)38-17-9-18-43-46(38)47-42(49)24-30(25-44(47)50-43)29-21-40(48-41(22-29)37-12-5-6-19-45(37)51-48)35-16-8-15-34(27(35)2)39-23-31(32)20-28-10-3-4-11-36(28)39/h3-23,25,30H,24,49H2,1-2H3. The molecule has 0 saturated carbocycles. The summed E-state index contributed by atoms with van der Waals surface area (Å²) in [6.07, 6.45) is 3.05. The monoisotopic (exact) mass is 671 g/mol. The zero-order valence-electron chi connectivity index (χ0n) is 28.4. The number of hydrogen-bond acceptors (Lipinski definition) is 3. The maximum Gasteiger partial charge on any atom is 0.136 e. The Kier molecular flexibility index (Phi) is 5.98. The third-order valence-electron chi connectivity index (χ3n) is 11.5. The summed E-state index contributed by atoms with van der Waals surface area (Å²) in [4.78, 5) is 0. The second-order valence-corrected chi connectivity index (χ2v) is 15.3. The molecule has 242 valence electrons. The van der Waals surface area contributed by atoms with Crippen LogP contribution >= 0.6 is 11.3 Å². The molecule has 0 aliphatic heterocycles. The normalized spacial score (nSPS) is 14.8. The summed E-state index contributed by atoms with van der Waals surface area (Å²) in [7, 11) is 0. The van der Waals surface area contributed by atoms with E-state index in [0.717, 1.165) is 39.3 Å². The molecule has 3 aliphatic carbocycles. The molecule has 0 amide bonds. The molecule has 0 saturated heterocycles. The molecule has 2 heterocycles. The van der Waals surface area contributed by atoms with Gasteiger partial charge in [0, 0.05) is 48.0 Å². The Labute approximate surface area is 299 Å². The van der Waals surface area contributed by atoms with E-state index in [1.165, 1.54) is 86.6 Å². The van der Waals surface area contributed by atoms with Gasteiger partial charge in [-0.1, -0.05) is 91.0 Å². The number of fused-ring (bicyclic) bond motifs is 5. The summed E-state index contributed by atoms with van der Waals surface area (Å²) in [5.41, 5.74) is 23.4. The zero-order valence-corrected chi connectivity index (χ0v) is 29.2. The number of furan rings is 1. The van der Waals surface area contributed by atoms with Crippen molar-refractivity contribution in [3.63, 3.8) is 0 Å². The minimum atomic E-state index is 0.0800. The van der Waals surface area contributed by atoms with Crippen LogP contribution in [0, 0.1) is 13.8 Å². The highest BCUT2D eigenvalue weighted by Gasteiger charge is 2.25. The minimum Gasteiger partial charge on any atom is -0.456 e. The van der Waals surface area contributed by atoms with Crippen LogP contribution in [0.4, 0.5) is 0 Å². The number of thiophene rings is 1. The molecular weight excluding hydrogens is 639 g/mol. The van der Waals surface area contributed by atoms with Gasteiger partial charge in [0.05, 0.1) is 0 Å². The van der Waals surface area contributed by atoms with Crippen molar-refractivity contribution in [2.75, 3.05) is 0 Å². The van der Waals surface area contributed by atoms with Crippen LogP contribution in [0.3, 0.4) is 0 Å².